The smallest absolute Gasteiger partial charge is 0.243 e. The lowest BCUT2D eigenvalue weighted by molar-refractivity contribution is -0.128. The number of carbonyl (C=O) groups excluding carboxylic acids is 3. The minimum absolute atomic E-state index is 0.0590. The summed E-state index contributed by atoms with van der Waals surface area (Å²) in [6.07, 6.45) is 0.488. The van der Waals surface area contributed by atoms with Gasteiger partial charge in [-0.1, -0.05) is 54.6 Å². The van der Waals surface area contributed by atoms with E-state index >= 15 is 0 Å². The number of nitrogens with one attached hydrogen (secondary N) is 2. The third-order valence-corrected chi connectivity index (χ3v) is 6.80. The Morgan fingerprint density at radius 2 is 1.47 bits per heavy atom. The molecule has 4 aromatic rings. The minimum Gasteiger partial charge on any atom is -0.370 e. The van der Waals surface area contributed by atoms with Gasteiger partial charge in [-0.25, -0.2) is 9.98 Å². The molecule has 0 aliphatic carbocycles. The lowest BCUT2D eigenvalue weighted by Crippen LogP contribution is -2.52. The summed E-state index contributed by atoms with van der Waals surface area (Å²) >= 11 is 1.28. The van der Waals surface area contributed by atoms with Gasteiger partial charge in [-0.15, -0.1) is 11.3 Å². The summed E-state index contributed by atoms with van der Waals surface area (Å²) in [6, 6.07) is 22.1. The number of amides is 2. The summed E-state index contributed by atoms with van der Waals surface area (Å²) in [4.78, 5) is 47.5. The maximum atomic E-state index is 13.7. The average Bonchev–Trinajstić information content (AvgIpc) is 3.33. The molecular formula is C28H28N6O3S. The van der Waals surface area contributed by atoms with E-state index in [1.54, 1.807) is 24.3 Å². The van der Waals surface area contributed by atoms with Crippen molar-refractivity contribution in [3.8, 4) is 0 Å². The first-order valence-electron chi connectivity index (χ1n) is 12.0. The van der Waals surface area contributed by atoms with Crippen LogP contribution in [0.5, 0.6) is 0 Å². The van der Waals surface area contributed by atoms with Crippen molar-refractivity contribution < 1.29 is 14.4 Å². The van der Waals surface area contributed by atoms with E-state index in [1.165, 1.54) is 18.3 Å². The van der Waals surface area contributed by atoms with Crippen molar-refractivity contribution in [1.82, 2.24) is 15.6 Å². The van der Waals surface area contributed by atoms with Crippen LogP contribution in [0.2, 0.25) is 0 Å². The number of para-hydroxylation sites is 1. The lowest BCUT2D eigenvalue weighted by Gasteiger charge is -2.22. The van der Waals surface area contributed by atoms with E-state index in [0.717, 1.165) is 15.8 Å². The van der Waals surface area contributed by atoms with Crippen LogP contribution in [0.15, 0.2) is 83.9 Å². The molecule has 0 aliphatic heterocycles. The third kappa shape index (κ3) is 7.01. The summed E-state index contributed by atoms with van der Waals surface area (Å²) in [5.41, 5.74) is 13.9. The zero-order valence-corrected chi connectivity index (χ0v) is 21.6. The first-order chi connectivity index (χ1) is 18.3. The van der Waals surface area contributed by atoms with Crippen molar-refractivity contribution in [1.29, 1.82) is 0 Å². The molecule has 1 aromatic heterocycles. The first-order valence-corrected chi connectivity index (χ1v) is 12.8. The fourth-order valence-corrected chi connectivity index (χ4v) is 4.96. The van der Waals surface area contributed by atoms with E-state index < -0.39 is 18.0 Å². The highest BCUT2D eigenvalue weighted by molar-refractivity contribution is 7.20. The molecule has 0 radical (unpaired) electrons. The van der Waals surface area contributed by atoms with Gasteiger partial charge in [-0.3, -0.25) is 14.4 Å². The Kier molecular flexibility index (Phi) is 8.44. The van der Waals surface area contributed by atoms with Gasteiger partial charge < -0.3 is 22.1 Å². The van der Waals surface area contributed by atoms with Gasteiger partial charge in [0.2, 0.25) is 17.6 Å². The molecule has 1 heterocycles. The number of ketones is 1. The number of hydrogen-bond acceptors (Lipinski definition) is 6. The van der Waals surface area contributed by atoms with Crippen LogP contribution in [0.3, 0.4) is 0 Å². The van der Waals surface area contributed by atoms with Gasteiger partial charge in [0.05, 0.1) is 21.9 Å². The van der Waals surface area contributed by atoms with E-state index in [1.807, 2.05) is 54.6 Å². The number of carbonyl (C=O) groups is 3. The quantitative estimate of drug-likeness (QED) is 0.141. The monoisotopic (exact) mass is 528 g/mol. The Morgan fingerprint density at radius 3 is 2.13 bits per heavy atom. The van der Waals surface area contributed by atoms with Gasteiger partial charge in [-0.05, 0) is 35.4 Å². The molecule has 2 amide bonds. The van der Waals surface area contributed by atoms with Gasteiger partial charge in [0, 0.05) is 19.8 Å². The second-order valence-corrected chi connectivity index (χ2v) is 9.79. The maximum absolute atomic E-state index is 13.7. The van der Waals surface area contributed by atoms with Crippen LogP contribution in [-0.4, -0.2) is 40.6 Å². The molecule has 4 rings (SSSR count). The molecule has 0 fully saturated rings. The number of benzene rings is 3. The topological polar surface area (TPSA) is 153 Å². The maximum Gasteiger partial charge on any atom is 0.243 e. The number of hydrogen-bond donors (Lipinski definition) is 4. The van der Waals surface area contributed by atoms with Crippen molar-refractivity contribution in [3.63, 3.8) is 0 Å². The van der Waals surface area contributed by atoms with Crippen LogP contribution in [-0.2, 0) is 22.4 Å². The lowest BCUT2D eigenvalue weighted by atomic mass is 10.0. The molecule has 0 saturated heterocycles. The number of aliphatic imine (C=N–C) groups is 1. The minimum atomic E-state index is -0.913. The number of Topliss-reactive ketones (excluding diaryl/α,β-unsaturated/α-hetero) is 1. The van der Waals surface area contributed by atoms with Gasteiger partial charge in [0.15, 0.2) is 11.0 Å². The fraction of sp³-hybridized carbons (Fsp3) is 0.179. The zero-order chi connectivity index (χ0) is 27.1. The number of fused-ring (bicyclic) bond motifs is 1. The largest absolute Gasteiger partial charge is 0.370 e. The molecule has 10 heteroatoms. The van der Waals surface area contributed by atoms with Crippen LogP contribution in [0, 0.1) is 0 Å². The number of thiazole rings is 1. The van der Waals surface area contributed by atoms with Crippen molar-refractivity contribution in [2.24, 2.45) is 16.5 Å². The number of aromatic nitrogens is 1. The van der Waals surface area contributed by atoms with Crippen LogP contribution >= 0.6 is 11.3 Å². The first kappa shape index (κ1) is 26.5. The normalized spacial score (nSPS) is 12.3. The van der Waals surface area contributed by atoms with Crippen LogP contribution < -0.4 is 22.1 Å². The van der Waals surface area contributed by atoms with Gasteiger partial charge in [0.25, 0.3) is 0 Å². The Balaban J connectivity index is 1.61. The van der Waals surface area contributed by atoms with Crippen LogP contribution in [0.4, 0.5) is 5.69 Å². The summed E-state index contributed by atoms with van der Waals surface area (Å²) < 4.78 is 0.878. The standard InChI is InChI=1S/C28H28N6O3S/c1-17(35)31-23(16-18-7-3-2-4-8-18)26(37)33-22(15-19-11-13-20(14-12-19)32-28(29)30)25(36)27-34-21-9-5-6-10-24(21)38-27/h2-14,22-23H,15-16H2,1H3,(H,31,35)(H,33,37)(H4,29,30,32). The van der Waals surface area contributed by atoms with Gasteiger partial charge in [0.1, 0.15) is 6.04 Å². The van der Waals surface area contributed by atoms with E-state index in [-0.39, 0.29) is 30.5 Å². The predicted molar refractivity (Wildman–Crippen MR) is 149 cm³/mol. The van der Waals surface area contributed by atoms with Crippen LogP contribution in [0.1, 0.15) is 27.9 Å². The zero-order valence-electron chi connectivity index (χ0n) is 20.8. The Hall–Kier alpha value is -4.57. The fourth-order valence-electron chi connectivity index (χ4n) is 4.00. The van der Waals surface area contributed by atoms with Crippen molar-refractivity contribution in [3.05, 3.63) is 95.0 Å². The molecule has 0 spiro atoms. The van der Waals surface area contributed by atoms with E-state index in [4.69, 9.17) is 11.5 Å². The Labute approximate surface area is 224 Å². The molecular weight excluding hydrogens is 500 g/mol. The summed E-state index contributed by atoms with van der Waals surface area (Å²) in [7, 11) is 0. The molecule has 3 aromatic carbocycles. The molecule has 6 N–H and O–H groups in total. The van der Waals surface area contributed by atoms with Gasteiger partial charge in [-0.2, -0.15) is 0 Å². The summed E-state index contributed by atoms with van der Waals surface area (Å²) in [5.74, 6) is -1.17. The predicted octanol–water partition coefficient (Wildman–Crippen LogP) is 2.86. The highest BCUT2D eigenvalue weighted by atomic mass is 32.1. The number of nitrogens with zero attached hydrogens (tertiary/aromatic N) is 2. The summed E-state index contributed by atoms with van der Waals surface area (Å²) in [5, 5.41) is 5.88. The Bertz CT molecular complexity index is 1430. The summed E-state index contributed by atoms with van der Waals surface area (Å²) in [6.45, 7) is 1.35. The molecule has 9 nitrogen and oxygen atoms in total. The van der Waals surface area contributed by atoms with E-state index in [9.17, 15) is 14.4 Å². The van der Waals surface area contributed by atoms with Crippen molar-refractivity contribution in [2.45, 2.75) is 31.8 Å². The SMILES string of the molecule is CC(=O)NC(Cc1ccccc1)C(=O)NC(Cc1ccc(N=C(N)N)cc1)C(=O)c1nc2ccccc2s1. The average molecular weight is 529 g/mol. The molecule has 0 aliphatic rings. The van der Waals surface area contributed by atoms with Crippen molar-refractivity contribution >= 4 is 50.8 Å². The number of nitrogens with two attached hydrogens (primary N) is 2. The van der Waals surface area contributed by atoms with E-state index in [0.29, 0.717) is 16.2 Å². The molecule has 2 atom stereocenters. The van der Waals surface area contributed by atoms with E-state index in [2.05, 4.69) is 20.6 Å². The molecule has 0 saturated carbocycles. The van der Waals surface area contributed by atoms with Crippen molar-refractivity contribution in [2.75, 3.05) is 0 Å². The second kappa shape index (κ2) is 12.1. The highest BCUT2D eigenvalue weighted by Gasteiger charge is 2.29. The second-order valence-electron chi connectivity index (χ2n) is 8.76. The molecule has 0 bridgehead atoms. The number of guanidine groups is 1. The third-order valence-electron chi connectivity index (χ3n) is 5.75. The van der Waals surface area contributed by atoms with Crippen LogP contribution in [0.25, 0.3) is 10.2 Å². The van der Waals surface area contributed by atoms with Gasteiger partial charge >= 0.3 is 0 Å². The highest BCUT2D eigenvalue weighted by Crippen LogP contribution is 2.24. The molecule has 2 unspecified atom stereocenters. The Morgan fingerprint density at radius 1 is 0.842 bits per heavy atom. The molecule has 38 heavy (non-hydrogen) atoms. The number of rotatable bonds is 10. The molecule has 194 valence electrons.